The van der Waals surface area contributed by atoms with Gasteiger partial charge in [0.2, 0.25) is 0 Å². The lowest BCUT2D eigenvalue weighted by Gasteiger charge is -2.22. The highest BCUT2D eigenvalue weighted by Gasteiger charge is 2.25. The van der Waals surface area contributed by atoms with Crippen molar-refractivity contribution in [2.24, 2.45) is 0 Å². The van der Waals surface area contributed by atoms with Gasteiger partial charge in [-0.25, -0.2) is 4.79 Å². The highest BCUT2D eigenvalue weighted by molar-refractivity contribution is 6.31. The number of ether oxygens (including phenoxy) is 1. The molecular weight excluding hydrogens is 570 g/mol. The topological polar surface area (TPSA) is 120 Å². The summed E-state index contributed by atoms with van der Waals surface area (Å²) in [6, 6.07) is 18.4. The number of carbonyl (C=O) groups is 4. The van der Waals surface area contributed by atoms with E-state index in [2.05, 4.69) is 0 Å². The van der Waals surface area contributed by atoms with E-state index in [0.717, 1.165) is 11.1 Å². The quantitative estimate of drug-likeness (QED) is 0.204. The van der Waals surface area contributed by atoms with E-state index < -0.39 is 17.6 Å². The van der Waals surface area contributed by atoms with Gasteiger partial charge in [-0.05, 0) is 66.4 Å². The average Bonchev–Trinajstić information content (AvgIpc) is 2.96. The summed E-state index contributed by atoms with van der Waals surface area (Å²) < 4.78 is 6.96. The molecule has 0 aliphatic carbocycles. The summed E-state index contributed by atoms with van der Waals surface area (Å²) in [4.78, 5) is 62.6. The van der Waals surface area contributed by atoms with Crippen LogP contribution in [0.5, 0.6) is 5.75 Å². The predicted molar refractivity (Wildman–Crippen MR) is 163 cm³/mol. The number of Topliss-reactive ketones (excluding diaryl/α,β-unsaturated/α-hetero) is 3. The fraction of sp³-hybridized carbons (Fsp3) is 0.206. The van der Waals surface area contributed by atoms with Gasteiger partial charge in [-0.2, -0.15) is 0 Å². The molecule has 0 aliphatic heterocycles. The van der Waals surface area contributed by atoms with Crippen LogP contribution in [0.1, 0.15) is 57.3 Å². The van der Waals surface area contributed by atoms with Crippen molar-refractivity contribution in [1.82, 2.24) is 4.57 Å². The minimum absolute atomic E-state index is 0.0288. The van der Waals surface area contributed by atoms with Gasteiger partial charge in [-0.15, -0.1) is 0 Å². The Morgan fingerprint density at radius 2 is 1.44 bits per heavy atom. The van der Waals surface area contributed by atoms with Crippen molar-refractivity contribution in [1.29, 1.82) is 0 Å². The molecule has 43 heavy (non-hydrogen) atoms. The highest BCUT2D eigenvalue weighted by Crippen LogP contribution is 2.34. The third-order valence-corrected chi connectivity index (χ3v) is 7.34. The maximum Gasteiger partial charge on any atom is 0.335 e. The molecule has 0 saturated heterocycles. The molecule has 9 heteroatoms. The van der Waals surface area contributed by atoms with Crippen LogP contribution in [-0.4, -0.2) is 40.1 Å². The Morgan fingerprint density at radius 3 is 2.02 bits per heavy atom. The van der Waals surface area contributed by atoms with Gasteiger partial charge in [0, 0.05) is 41.5 Å². The first-order chi connectivity index (χ1) is 20.5. The van der Waals surface area contributed by atoms with Gasteiger partial charge in [0.25, 0.3) is 5.56 Å². The highest BCUT2D eigenvalue weighted by atomic mass is 35.5. The van der Waals surface area contributed by atoms with Crippen molar-refractivity contribution in [2.75, 3.05) is 7.11 Å². The Morgan fingerprint density at radius 1 is 0.837 bits per heavy atom. The largest absolute Gasteiger partial charge is 0.495 e. The lowest BCUT2D eigenvalue weighted by atomic mass is 9.95. The standard InChI is InChI=1S/C34H30ClNO7/c1-20(37)14-22-4-6-23(7-5-22)15-30(31(39)16-24-8-10-25(11-9-24)34(41)42)36-19-32(43-3)29(18-33(36)40)28-17-26(35)12-13-27(28)21(2)38/h4-13,17-19,30H,14-16H2,1-3H3,(H,41,42). The second kappa shape index (κ2) is 13.4. The van der Waals surface area contributed by atoms with Crippen molar-refractivity contribution in [3.8, 4) is 16.9 Å². The molecule has 0 radical (unpaired) electrons. The van der Waals surface area contributed by atoms with E-state index in [1.165, 1.54) is 49.9 Å². The summed E-state index contributed by atoms with van der Waals surface area (Å²) in [7, 11) is 1.43. The van der Waals surface area contributed by atoms with Crippen LogP contribution in [0.3, 0.4) is 0 Å². The monoisotopic (exact) mass is 599 g/mol. The molecular formula is C34H30ClNO7. The predicted octanol–water partition coefficient (Wildman–Crippen LogP) is 5.81. The lowest BCUT2D eigenvalue weighted by molar-refractivity contribution is -0.121. The van der Waals surface area contributed by atoms with E-state index in [1.54, 1.807) is 30.3 Å². The number of halogens is 1. The van der Waals surface area contributed by atoms with E-state index >= 15 is 0 Å². The van der Waals surface area contributed by atoms with E-state index in [0.29, 0.717) is 33.7 Å². The molecule has 4 rings (SSSR count). The number of nitrogens with zero attached hydrogens (tertiary/aromatic N) is 1. The normalized spacial score (nSPS) is 11.5. The molecule has 0 spiro atoms. The van der Waals surface area contributed by atoms with Crippen LogP contribution in [0.4, 0.5) is 0 Å². The Balaban J connectivity index is 1.78. The van der Waals surface area contributed by atoms with Crippen LogP contribution in [0.2, 0.25) is 5.02 Å². The molecule has 1 aromatic heterocycles. The van der Waals surface area contributed by atoms with Crippen molar-refractivity contribution in [3.05, 3.63) is 122 Å². The van der Waals surface area contributed by atoms with Crippen molar-refractivity contribution in [2.45, 2.75) is 39.2 Å². The number of carboxylic acid groups (broad SMARTS) is 1. The molecule has 0 amide bonds. The molecule has 0 saturated carbocycles. The number of pyridine rings is 1. The van der Waals surface area contributed by atoms with E-state index in [9.17, 15) is 29.1 Å². The Bertz CT molecular complexity index is 1760. The molecule has 0 fully saturated rings. The third-order valence-electron chi connectivity index (χ3n) is 7.11. The van der Waals surface area contributed by atoms with Gasteiger partial charge in [0.05, 0.1) is 24.9 Å². The second-order valence-electron chi connectivity index (χ2n) is 10.3. The maximum absolute atomic E-state index is 13.8. The van der Waals surface area contributed by atoms with Gasteiger partial charge in [-0.1, -0.05) is 48.0 Å². The second-order valence-corrected chi connectivity index (χ2v) is 10.7. The fourth-order valence-corrected chi connectivity index (χ4v) is 5.12. The number of aromatic carboxylic acids is 1. The molecule has 0 aliphatic rings. The number of methoxy groups -OCH3 is 1. The Kier molecular flexibility index (Phi) is 9.73. The third kappa shape index (κ3) is 7.53. The fourth-order valence-electron chi connectivity index (χ4n) is 4.95. The number of aromatic nitrogens is 1. The molecule has 1 atom stereocenters. The lowest BCUT2D eigenvalue weighted by Crippen LogP contribution is -2.32. The first-order valence-corrected chi connectivity index (χ1v) is 13.9. The number of rotatable bonds is 12. The van der Waals surface area contributed by atoms with E-state index in [-0.39, 0.29) is 41.5 Å². The van der Waals surface area contributed by atoms with Crippen LogP contribution in [0, 0.1) is 0 Å². The summed E-state index contributed by atoms with van der Waals surface area (Å²) in [6.07, 6.45) is 1.87. The van der Waals surface area contributed by atoms with Crippen LogP contribution in [0.15, 0.2) is 83.8 Å². The molecule has 220 valence electrons. The first-order valence-electron chi connectivity index (χ1n) is 13.5. The zero-order valence-electron chi connectivity index (χ0n) is 23.9. The minimum atomic E-state index is -1.07. The Labute approximate surface area is 253 Å². The average molecular weight is 600 g/mol. The van der Waals surface area contributed by atoms with Crippen LogP contribution < -0.4 is 10.3 Å². The number of hydrogen-bond donors (Lipinski definition) is 1. The summed E-state index contributed by atoms with van der Waals surface area (Å²) in [5, 5.41) is 9.59. The van der Waals surface area contributed by atoms with Crippen LogP contribution in [0.25, 0.3) is 11.1 Å². The van der Waals surface area contributed by atoms with E-state index in [1.807, 2.05) is 24.3 Å². The zero-order chi connectivity index (χ0) is 31.3. The molecule has 1 unspecified atom stereocenters. The summed E-state index contributed by atoms with van der Waals surface area (Å²) in [5.41, 5.74) is 2.98. The van der Waals surface area contributed by atoms with Crippen LogP contribution >= 0.6 is 11.6 Å². The van der Waals surface area contributed by atoms with E-state index in [4.69, 9.17) is 16.3 Å². The summed E-state index contributed by atoms with van der Waals surface area (Å²) in [6.45, 7) is 2.93. The minimum Gasteiger partial charge on any atom is -0.495 e. The first kappa shape index (κ1) is 31.1. The summed E-state index contributed by atoms with van der Waals surface area (Å²) in [5.74, 6) is -1.27. The number of carboxylic acids is 1. The number of ketones is 3. The van der Waals surface area contributed by atoms with Gasteiger partial charge < -0.3 is 14.4 Å². The zero-order valence-corrected chi connectivity index (χ0v) is 24.7. The molecule has 8 nitrogen and oxygen atoms in total. The molecule has 0 bridgehead atoms. The summed E-state index contributed by atoms with van der Waals surface area (Å²) >= 11 is 6.23. The van der Waals surface area contributed by atoms with Crippen molar-refractivity contribution in [3.63, 3.8) is 0 Å². The molecule has 1 N–H and O–H groups in total. The molecule has 3 aromatic carbocycles. The molecule has 1 heterocycles. The number of carbonyl (C=O) groups excluding carboxylic acids is 3. The van der Waals surface area contributed by atoms with Gasteiger partial charge >= 0.3 is 5.97 Å². The van der Waals surface area contributed by atoms with Crippen LogP contribution in [-0.2, 0) is 28.9 Å². The number of benzene rings is 3. The molecule has 4 aromatic rings. The smallest absolute Gasteiger partial charge is 0.335 e. The Hall–Kier alpha value is -4.82. The SMILES string of the molecule is COc1cn(C(Cc2ccc(CC(C)=O)cc2)C(=O)Cc2ccc(C(=O)O)cc2)c(=O)cc1-c1cc(Cl)ccc1C(C)=O. The number of hydrogen-bond acceptors (Lipinski definition) is 6. The van der Waals surface area contributed by atoms with Crippen molar-refractivity contribution < 1.29 is 29.0 Å². The van der Waals surface area contributed by atoms with Crippen molar-refractivity contribution >= 4 is 34.9 Å². The maximum atomic E-state index is 13.8. The van der Waals surface area contributed by atoms with Gasteiger partial charge in [-0.3, -0.25) is 19.2 Å². The van der Waals surface area contributed by atoms with Gasteiger partial charge in [0.15, 0.2) is 11.6 Å². The van der Waals surface area contributed by atoms with Gasteiger partial charge in [0.1, 0.15) is 11.5 Å².